The van der Waals surface area contributed by atoms with Crippen molar-refractivity contribution in [2.75, 3.05) is 7.11 Å². The third kappa shape index (κ3) is 2.77. The first-order valence-electron chi connectivity index (χ1n) is 6.78. The largest absolute Gasteiger partial charge is 0.508 e. The van der Waals surface area contributed by atoms with Gasteiger partial charge in [-0.1, -0.05) is 12.1 Å². The van der Waals surface area contributed by atoms with Gasteiger partial charge in [0, 0.05) is 5.56 Å². The van der Waals surface area contributed by atoms with Gasteiger partial charge in [0.25, 0.3) is 0 Å². The summed E-state index contributed by atoms with van der Waals surface area (Å²) in [7, 11) is 1.62. The molecule has 112 valence electrons. The number of nitrogens with zero attached hydrogens (tertiary/aromatic N) is 2. The molecule has 0 radical (unpaired) electrons. The number of benzene rings is 2. The molecular weight excluding hydrogens is 280 g/mol. The molecule has 0 aliphatic heterocycles. The van der Waals surface area contributed by atoms with Crippen LogP contribution < -0.4 is 10.5 Å². The topological polar surface area (TPSA) is 97.1 Å². The third-order valence-electron chi connectivity index (χ3n) is 3.40. The van der Waals surface area contributed by atoms with Crippen molar-refractivity contribution in [3.63, 3.8) is 0 Å². The Hall–Kier alpha value is -2.86. The van der Waals surface area contributed by atoms with E-state index in [2.05, 4.69) is 15.2 Å². The Morgan fingerprint density at radius 1 is 1.09 bits per heavy atom. The van der Waals surface area contributed by atoms with Crippen LogP contribution in [0.25, 0.3) is 11.4 Å². The van der Waals surface area contributed by atoms with Crippen molar-refractivity contribution < 1.29 is 9.84 Å². The van der Waals surface area contributed by atoms with Gasteiger partial charge in [-0.25, -0.2) is 4.98 Å². The number of aromatic nitrogens is 3. The van der Waals surface area contributed by atoms with Crippen LogP contribution in [-0.4, -0.2) is 27.4 Å². The van der Waals surface area contributed by atoms with Crippen LogP contribution in [0.15, 0.2) is 48.5 Å². The molecule has 6 heteroatoms. The molecule has 1 aromatic heterocycles. The van der Waals surface area contributed by atoms with Gasteiger partial charge in [-0.05, 0) is 42.0 Å². The minimum atomic E-state index is -0.399. The molecule has 1 atom stereocenters. The number of hydrogen-bond donors (Lipinski definition) is 3. The highest BCUT2D eigenvalue weighted by Crippen LogP contribution is 2.23. The van der Waals surface area contributed by atoms with Crippen LogP contribution in [0.3, 0.4) is 0 Å². The van der Waals surface area contributed by atoms with Crippen LogP contribution in [0.1, 0.15) is 17.4 Å². The van der Waals surface area contributed by atoms with Crippen molar-refractivity contribution in [2.24, 2.45) is 5.73 Å². The number of phenols is 1. The number of aromatic hydroxyl groups is 1. The summed E-state index contributed by atoms with van der Waals surface area (Å²) in [4.78, 5) is 4.42. The van der Waals surface area contributed by atoms with E-state index in [9.17, 15) is 5.11 Å². The average Bonchev–Trinajstić information content (AvgIpc) is 3.05. The minimum Gasteiger partial charge on any atom is -0.508 e. The zero-order chi connectivity index (χ0) is 15.5. The summed E-state index contributed by atoms with van der Waals surface area (Å²) < 4.78 is 5.13. The molecule has 6 nitrogen and oxygen atoms in total. The number of nitrogens with one attached hydrogen (secondary N) is 1. The zero-order valence-electron chi connectivity index (χ0n) is 12.0. The summed E-state index contributed by atoms with van der Waals surface area (Å²) in [6, 6.07) is 13.8. The molecule has 0 aliphatic carbocycles. The lowest BCUT2D eigenvalue weighted by molar-refractivity contribution is 0.414. The van der Waals surface area contributed by atoms with E-state index >= 15 is 0 Å². The summed E-state index contributed by atoms with van der Waals surface area (Å²) in [6.45, 7) is 0. The second-order valence-corrected chi connectivity index (χ2v) is 4.84. The maximum atomic E-state index is 9.31. The number of ether oxygens (including phenoxy) is 1. The van der Waals surface area contributed by atoms with Crippen LogP contribution in [0, 0.1) is 0 Å². The van der Waals surface area contributed by atoms with Crippen molar-refractivity contribution in [3.8, 4) is 22.9 Å². The SMILES string of the molecule is COc1ccc([C@H](N)c2nc(-c3ccc(O)cc3)n[nH]2)cc1. The van der Waals surface area contributed by atoms with E-state index in [1.807, 2.05) is 24.3 Å². The van der Waals surface area contributed by atoms with Crippen molar-refractivity contribution in [1.29, 1.82) is 0 Å². The summed E-state index contributed by atoms with van der Waals surface area (Å²) >= 11 is 0. The quantitative estimate of drug-likeness (QED) is 0.686. The highest BCUT2D eigenvalue weighted by molar-refractivity contribution is 5.55. The highest BCUT2D eigenvalue weighted by Gasteiger charge is 2.14. The molecule has 22 heavy (non-hydrogen) atoms. The van der Waals surface area contributed by atoms with Crippen molar-refractivity contribution in [1.82, 2.24) is 15.2 Å². The van der Waals surface area contributed by atoms with Crippen LogP contribution in [-0.2, 0) is 0 Å². The fourth-order valence-corrected chi connectivity index (χ4v) is 2.12. The standard InChI is InChI=1S/C16H16N4O2/c1-22-13-8-4-10(5-9-13)14(17)16-18-15(19-20-16)11-2-6-12(21)7-3-11/h2-9,14,21H,17H2,1H3,(H,18,19,20)/t14-/m0/s1. The number of phenolic OH excluding ortho intramolecular Hbond substituents is 1. The van der Waals surface area contributed by atoms with Crippen molar-refractivity contribution in [2.45, 2.75) is 6.04 Å². The van der Waals surface area contributed by atoms with Crippen LogP contribution in [0.2, 0.25) is 0 Å². The van der Waals surface area contributed by atoms with E-state index in [0.717, 1.165) is 16.9 Å². The molecule has 0 bridgehead atoms. The predicted octanol–water partition coefficient (Wildman–Crippen LogP) is 2.23. The minimum absolute atomic E-state index is 0.203. The lowest BCUT2D eigenvalue weighted by atomic mass is 10.1. The summed E-state index contributed by atoms with van der Waals surface area (Å²) in [5.74, 6) is 2.10. The number of H-pyrrole nitrogens is 1. The first kappa shape index (κ1) is 14.1. The molecule has 3 aromatic rings. The molecule has 0 amide bonds. The van der Waals surface area contributed by atoms with Crippen LogP contribution in [0.5, 0.6) is 11.5 Å². The fourth-order valence-electron chi connectivity index (χ4n) is 2.12. The Morgan fingerprint density at radius 3 is 2.41 bits per heavy atom. The second kappa shape index (κ2) is 5.87. The van der Waals surface area contributed by atoms with E-state index in [0.29, 0.717) is 11.6 Å². The first-order valence-corrected chi connectivity index (χ1v) is 6.78. The smallest absolute Gasteiger partial charge is 0.181 e. The Balaban J connectivity index is 1.84. The molecule has 4 N–H and O–H groups in total. The average molecular weight is 296 g/mol. The molecular formula is C16H16N4O2. The summed E-state index contributed by atoms with van der Waals surface area (Å²) in [5.41, 5.74) is 7.93. The van der Waals surface area contributed by atoms with Crippen LogP contribution >= 0.6 is 0 Å². The molecule has 2 aromatic carbocycles. The molecule has 0 aliphatic rings. The monoisotopic (exact) mass is 296 g/mol. The van der Waals surface area contributed by atoms with Crippen molar-refractivity contribution in [3.05, 3.63) is 59.9 Å². The number of nitrogens with two attached hydrogens (primary N) is 1. The van der Waals surface area contributed by atoms with E-state index in [-0.39, 0.29) is 5.75 Å². The van der Waals surface area contributed by atoms with E-state index in [1.54, 1.807) is 31.4 Å². The maximum Gasteiger partial charge on any atom is 0.181 e. The Kier molecular flexibility index (Phi) is 3.76. The highest BCUT2D eigenvalue weighted by atomic mass is 16.5. The fraction of sp³-hybridized carbons (Fsp3) is 0.125. The van der Waals surface area contributed by atoms with Gasteiger partial charge >= 0.3 is 0 Å². The number of hydrogen-bond acceptors (Lipinski definition) is 5. The number of methoxy groups -OCH3 is 1. The maximum absolute atomic E-state index is 9.31. The van der Waals surface area contributed by atoms with Gasteiger partial charge in [0.2, 0.25) is 0 Å². The van der Waals surface area contributed by atoms with Crippen molar-refractivity contribution >= 4 is 0 Å². The third-order valence-corrected chi connectivity index (χ3v) is 3.40. The predicted molar refractivity (Wildman–Crippen MR) is 82.5 cm³/mol. The number of aromatic amines is 1. The van der Waals surface area contributed by atoms with E-state index < -0.39 is 6.04 Å². The van der Waals surface area contributed by atoms with Gasteiger partial charge in [-0.2, -0.15) is 5.10 Å². The van der Waals surface area contributed by atoms with Gasteiger partial charge in [0.05, 0.1) is 13.2 Å². The Bertz CT molecular complexity index is 751. The molecule has 0 saturated heterocycles. The Labute approximate surface area is 127 Å². The van der Waals surface area contributed by atoms with Gasteiger partial charge in [-0.3, -0.25) is 5.10 Å². The normalized spacial score (nSPS) is 12.1. The van der Waals surface area contributed by atoms with E-state index in [4.69, 9.17) is 10.5 Å². The second-order valence-electron chi connectivity index (χ2n) is 4.84. The van der Waals surface area contributed by atoms with Gasteiger partial charge in [-0.15, -0.1) is 0 Å². The van der Waals surface area contributed by atoms with Gasteiger partial charge in [0.1, 0.15) is 17.3 Å². The lowest BCUT2D eigenvalue weighted by Crippen LogP contribution is -2.13. The molecule has 3 rings (SSSR count). The zero-order valence-corrected chi connectivity index (χ0v) is 12.0. The first-order chi connectivity index (χ1) is 10.7. The van der Waals surface area contributed by atoms with Gasteiger partial charge < -0.3 is 15.6 Å². The molecule has 0 fully saturated rings. The summed E-state index contributed by atoms with van der Waals surface area (Å²) in [5, 5.41) is 16.3. The molecule has 0 unspecified atom stereocenters. The Morgan fingerprint density at radius 2 is 1.77 bits per heavy atom. The summed E-state index contributed by atoms with van der Waals surface area (Å²) in [6.07, 6.45) is 0. The van der Waals surface area contributed by atoms with Crippen LogP contribution in [0.4, 0.5) is 0 Å². The molecule has 1 heterocycles. The van der Waals surface area contributed by atoms with E-state index in [1.165, 1.54) is 0 Å². The molecule has 0 saturated carbocycles. The molecule has 0 spiro atoms. The number of rotatable bonds is 4. The van der Waals surface area contributed by atoms with Gasteiger partial charge in [0.15, 0.2) is 5.82 Å². The lowest BCUT2D eigenvalue weighted by Gasteiger charge is -2.09.